The van der Waals surface area contributed by atoms with Crippen molar-refractivity contribution in [1.29, 1.82) is 0 Å². The number of allylic oxidation sites excluding steroid dienone is 13. The van der Waals surface area contributed by atoms with E-state index >= 15 is 0 Å². The van der Waals surface area contributed by atoms with Gasteiger partial charge in [-0.1, -0.05) is 170 Å². The Labute approximate surface area is 354 Å². The molecule has 0 spiro atoms. The molecule has 0 saturated heterocycles. The Morgan fingerprint density at radius 3 is 1.60 bits per heavy atom. The molecule has 0 rings (SSSR count). The van der Waals surface area contributed by atoms with Gasteiger partial charge in [0.05, 0.1) is 27.7 Å². The highest BCUT2D eigenvalue weighted by molar-refractivity contribution is 7.45. The lowest BCUT2D eigenvalue weighted by Crippen LogP contribution is -2.37. The van der Waals surface area contributed by atoms with Crippen LogP contribution in [0.15, 0.2) is 85.1 Å². The first-order chi connectivity index (χ1) is 28.0. The SMILES string of the molecule is CCCCC/C=C/C/C=C/C/C=C/C/C=C/C/C=C/CCC(=O)OC[C@H](COP(=O)([O-])OCC[N+](C)(C)C)OC(=O)/C=C/C=C/CCCCCCCCCCCCC. The maximum atomic E-state index is 12.6. The number of nitrogens with zero attached hydrogens (tertiary/aromatic N) is 1. The van der Waals surface area contributed by atoms with E-state index in [4.69, 9.17) is 18.5 Å². The van der Waals surface area contributed by atoms with Crippen molar-refractivity contribution in [2.75, 3.05) is 47.5 Å². The van der Waals surface area contributed by atoms with Crippen LogP contribution in [0.2, 0.25) is 0 Å². The van der Waals surface area contributed by atoms with E-state index in [2.05, 4.69) is 62.5 Å². The summed E-state index contributed by atoms with van der Waals surface area (Å²) in [5.41, 5.74) is 0. The summed E-state index contributed by atoms with van der Waals surface area (Å²) in [5, 5.41) is 0. The molecule has 9 nitrogen and oxygen atoms in total. The van der Waals surface area contributed by atoms with Crippen molar-refractivity contribution in [3.63, 3.8) is 0 Å². The van der Waals surface area contributed by atoms with Crippen molar-refractivity contribution < 1.29 is 42.1 Å². The molecule has 1 unspecified atom stereocenters. The Kier molecular flexibility index (Phi) is 37.7. The van der Waals surface area contributed by atoms with Gasteiger partial charge in [-0.2, -0.15) is 0 Å². The highest BCUT2D eigenvalue weighted by atomic mass is 31.2. The highest BCUT2D eigenvalue weighted by Crippen LogP contribution is 2.38. The van der Waals surface area contributed by atoms with Crippen molar-refractivity contribution in [1.82, 2.24) is 0 Å². The summed E-state index contributed by atoms with van der Waals surface area (Å²) < 4.78 is 33.6. The molecule has 0 heterocycles. The molecule has 58 heavy (non-hydrogen) atoms. The standard InChI is InChI=1S/C48H82NO8P/c1-6-8-10-12-14-16-18-20-22-23-24-25-27-28-30-32-34-36-38-40-47(50)54-44-46(45-56-58(52,53)55-43-42-49(3,4)5)57-48(51)41-39-37-35-33-31-29-26-21-19-17-15-13-11-9-7-2/h14,16,20,22,24-25,28,30,34-37,39,41,46H,6-13,15,17-19,21,23,26-27,29,31-33,38,40,42-45H2,1-5H3/b16-14+,22-20+,25-24+,30-28+,36-34+,37-35+,41-39+/t46-/m1/s1. The Balaban J connectivity index is 4.58. The van der Waals surface area contributed by atoms with E-state index in [0.29, 0.717) is 17.4 Å². The number of phosphoric ester groups is 1. The van der Waals surface area contributed by atoms with E-state index in [1.165, 1.54) is 96.0 Å². The average Bonchev–Trinajstić information content (AvgIpc) is 3.17. The molecule has 0 aromatic heterocycles. The Bertz CT molecular complexity index is 1260. The fraction of sp³-hybridized carbons (Fsp3) is 0.667. The van der Waals surface area contributed by atoms with Crippen LogP contribution < -0.4 is 4.89 Å². The summed E-state index contributed by atoms with van der Waals surface area (Å²) in [4.78, 5) is 37.4. The number of carbonyl (C=O) groups excluding carboxylic acids is 2. The van der Waals surface area contributed by atoms with Gasteiger partial charge in [0.1, 0.15) is 19.8 Å². The molecule has 0 aliphatic heterocycles. The molecular formula is C48H82NO8P. The van der Waals surface area contributed by atoms with Crippen molar-refractivity contribution in [3.05, 3.63) is 85.1 Å². The predicted octanol–water partition coefficient (Wildman–Crippen LogP) is 12.2. The summed E-state index contributed by atoms with van der Waals surface area (Å²) in [7, 11) is 1.06. The second kappa shape index (κ2) is 39.6. The molecule has 0 aliphatic carbocycles. The average molecular weight is 832 g/mol. The van der Waals surface area contributed by atoms with E-state index in [1.54, 1.807) is 12.2 Å². The Morgan fingerprint density at radius 2 is 1.05 bits per heavy atom. The van der Waals surface area contributed by atoms with Gasteiger partial charge < -0.3 is 27.9 Å². The van der Waals surface area contributed by atoms with Crippen LogP contribution in [0, 0.1) is 0 Å². The van der Waals surface area contributed by atoms with E-state index < -0.39 is 32.5 Å². The summed E-state index contributed by atoms with van der Waals surface area (Å²) in [6, 6.07) is 0. The molecule has 0 aromatic carbocycles. The molecule has 0 bridgehead atoms. The van der Waals surface area contributed by atoms with E-state index in [9.17, 15) is 19.0 Å². The molecule has 0 fully saturated rings. The van der Waals surface area contributed by atoms with Gasteiger partial charge in [0.25, 0.3) is 7.82 Å². The number of ether oxygens (including phenoxy) is 2. The molecule has 0 amide bonds. The number of carbonyl (C=O) groups is 2. The van der Waals surface area contributed by atoms with E-state index in [1.807, 2.05) is 39.4 Å². The number of esters is 2. The van der Waals surface area contributed by atoms with Crippen LogP contribution in [0.1, 0.15) is 155 Å². The minimum absolute atomic E-state index is 0.0616. The molecule has 0 saturated carbocycles. The first kappa shape index (κ1) is 55.2. The molecule has 0 radical (unpaired) electrons. The summed E-state index contributed by atoms with van der Waals surface area (Å²) in [6.45, 7) is 3.97. The molecule has 2 atom stereocenters. The van der Waals surface area contributed by atoms with Gasteiger partial charge >= 0.3 is 11.9 Å². The Morgan fingerprint density at radius 1 is 0.586 bits per heavy atom. The van der Waals surface area contributed by atoms with Crippen LogP contribution in [0.25, 0.3) is 0 Å². The summed E-state index contributed by atoms with van der Waals surface area (Å²) >= 11 is 0. The van der Waals surface area contributed by atoms with Gasteiger partial charge in [-0.25, -0.2) is 4.79 Å². The second-order valence-corrected chi connectivity index (χ2v) is 17.2. The minimum atomic E-state index is -4.67. The first-order valence-electron chi connectivity index (χ1n) is 22.3. The number of likely N-dealkylation sites (N-methyl/N-ethyl adjacent to an activating group) is 1. The molecule has 10 heteroatoms. The maximum absolute atomic E-state index is 12.6. The number of phosphoric acid groups is 1. The molecule has 0 aliphatic rings. The Hall–Kier alpha value is -2.81. The van der Waals surface area contributed by atoms with Crippen molar-refractivity contribution in [2.45, 2.75) is 161 Å². The molecule has 332 valence electrons. The van der Waals surface area contributed by atoms with Crippen LogP contribution in [0.5, 0.6) is 0 Å². The van der Waals surface area contributed by atoms with Crippen LogP contribution in [0.4, 0.5) is 0 Å². The largest absolute Gasteiger partial charge is 0.756 e. The van der Waals surface area contributed by atoms with Crippen molar-refractivity contribution in [2.24, 2.45) is 0 Å². The van der Waals surface area contributed by atoms with Gasteiger partial charge in [0, 0.05) is 12.5 Å². The normalized spacial score (nSPS) is 14.4. The maximum Gasteiger partial charge on any atom is 0.331 e. The first-order valence-corrected chi connectivity index (χ1v) is 23.8. The van der Waals surface area contributed by atoms with Gasteiger partial charge in [0.2, 0.25) is 0 Å². The van der Waals surface area contributed by atoms with Crippen LogP contribution in [-0.4, -0.2) is 70.0 Å². The second-order valence-electron chi connectivity index (χ2n) is 15.8. The van der Waals surface area contributed by atoms with E-state index in [0.717, 1.165) is 38.5 Å². The zero-order valence-electron chi connectivity index (χ0n) is 37.2. The third kappa shape index (κ3) is 42.8. The summed E-state index contributed by atoms with van der Waals surface area (Å²) in [5.74, 6) is -1.19. The lowest BCUT2D eigenvalue weighted by Gasteiger charge is -2.28. The zero-order valence-corrected chi connectivity index (χ0v) is 38.1. The summed E-state index contributed by atoms with van der Waals surface area (Å²) in [6.07, 6.45) is 51.2. The molecule has 0 aromatic rings. The number of quaternary nitrogens is 1. The monoisotopic (exact) mass is 832 g/mol. The van der Waals surface area contributed by atoms with Crippen LogP contribution in [-0.2, 0) is 32.7 Å². The van der Waals surface area contributed by atoms with Gasteiger partial charge in [-0.3, -0.25) is 9.36 Å². The fourth-order valence-electron chi connectivity index (χ4n) is 5.48. The van der Waals surface area contributed by atoms with Gasteiger partial charge in [-0.05, 0) is 57.8 Å². The smallest absolute Gasteiger partial charge is 0.331 e. The molecular weight excluding hydrogens is 750 g/mol. The number of hydrogen-bond donors (Lipinski definition) is 0. The van der Waals surface area contributed by atoms with Crippen molar-refractivity contribution >= 4 is 19.8 Å². The zero-order chi connectivity index (χ0) is 42.8. The van der Waals surface area contributed by atoms with Gasteiger partial charge in [0.15, 0.2) is 6.10 Å². The third-order valence-electron chi connectivity index (χ3n) is 9.01. The van der Waals surface area contributed by atoms with Crippen molar-refractivity contribution in [3.8, 4) is 0 Å². The van der Waals surface area contributed by atoms with Gasteiger partial charge in [-0.15, -0.1) is 0 Å². The third-order valence-corrected chi connectivity index (χ3v) is 9.97. The highest BCUT2D eigenvalue weighted by Gasteiger charge is 2.21. The quantitative estimate of drug-likeness (QED) is 0.0114. The fourth-order valence-corrected chi connectivity index (χ4v) is 6.21. The molecule has 0 N–H and O–H groups in total. The number of hydrogen-bond acceptors (Lipinski definition) is 8. The van der Waals surface area contributed by atoms with Crippen LogP contribution >= 0.6 is 7.82 Å². The number of rotatable bonds is 39. The topological polar surface area (TPSA) is 111 Å². The minimum Gasteiger partial charge on any atom is -0.756 e. The predicted molar refractivity (Wildman–Crippen MR) is 240 cm³/mol. The number of unbranched alkanes of at least 4 members (excludes halogenated alkanes) is 14. The lowest BCUT2D eigenvalue weighted by molar-refractivity contribution is -0.870. The lowest BCUT2D eigenvalue weighted by atomic mass is 10.1. The van der Waals surface area contributed by atoms with E-state index in [-0.39, 0.29) is 19.6 Å². The van der Waals surface area contributed by atoms with Crippen LogP contribution in [0.3, 0.4) is 0 Å².